The Kier molecular flexibility index (Phi) is 7.49. The normalized spacial score (nSPS) is 10.8. The number of carbonyl (C=O) groups excluding carboxylic acids is 1. The van der Waals surface area contributed by atoms with Gasteiger partial charge in [0, 0.05) is 22.7 Å². The quantitative estimate of drug-likeness (QED) is 0.339. The third-order valence-corrected chi connectivity index (χ3v) is 5.75. The van der Waals surface area contributed by atoms with Crippen LogP contribution in [-0.2, 0) is 16.0 Å². The number of benzene rings is 2. The van der Waals surface area contributed by atoms with E-state index in [1.54, 1.807) is 16.0 Å². The molecular formula is C25H26N4O3S. The zero-order valence-corrected chi connectivity index (χ0v) is 19.5. The summed E-state index contributed by atoms with van der Waals surface area (Å²) in [5.41, 5.74) is 3.64. The first kappa shape index (κ1) is 22.7. The van der Waals surface area contributed by atoms with E-state index in [1.165, 1.54) is 5.56 Å². The fraction of sp³-hybridized carbons (Fsp3) is 0.240. The molecule has 0 aliphatic heterocycles. The first-order valence-electron chi connectivity index (χ1n) is 10.8. The van der Waals surface area contributed by atoms with Crippen LogP contribution in [0.25, 0.3) is 17.1 Å². The molecule has 1 N–H and O–H groups in total. The highest BCUT2D eigenvalue weighted by Gasteiger charge is 2.15. The van der Waals surface area contributed by atoms with Crippen molar-refractivity contribution in [2.75, 3.05) is 25.1 Å². The van der Waals surface area contributed by atoms with Gasteiger partial charge in [0.2, 0.25) is 5.91 Å². The number of carbonyl (C=O) groups is 1. The van der Waals surface area contributed by atoms with E-state index in [4.69, 9.17) is 9.47 Å². The number of hydrogen-bond acceptors (Lipinski definition) is 6. The Balaban J connectivity index is 1.53. The molecule has 7 nitrogen and oxygen atoms in total. The van der Waals surface area contributed by atoms with Crippen molar-refractivity contribution in [2.45, 2.75) is 20.3 Å². The largest absolute Gasteiger partial charge is 0.460 e. The van der Waals surface area contributed by atoms with E-state index in [9.17, 15) is 4.79 Å². The van der Waals surface area contributed by atoms with Crippen molar-refractivity contribution in [1.29, 1.82) is 0 Å². The van der Waals surface area contributed by atoms with Crippen molar-refractivity contribution in [2.24, 2.45) is 0 Å². The second-order valence-corrected chi connectivity index (χ2v) is 8.42. The van der Waals surface area contributed by atoms with Gasteiger partial charge in [-0.05, 0) is 49.6 Å². The molecule has 170 valence electrons. The number of anilines is 1. The molecule has 2 aromatic carbocycles. The number of hydrogen-bond donors (Lipinski definition) is 1. The van der Waals surface area contributed by atoms with Crippen LogP contribution in [-0.4, -0.2) is 40.5 Å². The zero-order chi connectivity index (χ0) is 23.0. The van der Waals surface area contributed by atoms with E-state index in [-0.39, 0.29) is 5.91 Å². The van der Waals surface area contributed by atoms with Crippen LogP contribution in [0.1, 0.15) is 17.4 Å². The second-order valence-electron chi connectivity index (χ2n) is 7.39. The number of aromatic nitrogens is 3. The highest BCUT2D eigenvalue weighted by Crippen LogP contribution is 2.25. The Morgan fingerprint density at radius 3 is 2.55 bits per heavy atom. The minimum absolute atomic E-state index is 0.0451. The second kappa shape index (κ2) is 10.9. The van der Waals surface area contributed by atoms with Gasteiger partial charge < -0.3 is 14.8 Å². The molecular weight excluding hydrogens is 436 g/mol. The number of aryl methyl sites for hydroxylation is 1. The predicted molar refractivity (Wildman–Crippen MR) is 130 cm³/mol. The van der Waals surface area contributed by atoms with Gasteiger partial charge in [0.1, 0.15) is 6.61 Å². The summed E-state index contributed by atoms with van der Waals surface area (Å²) in [5, 5.41) is 9.47. The van der Waals surface area contributed by atoms with Gasteiger partial charge in [-0.25, -0.2) is 4.68 Å². The molecule has 0 atom stereocenters. The summed E-state index contributed by atoms with van der Waals surface area (Å²) in [7, 11) is 0. The van der Waals surface area contributed by atoms with Gasteiger partial charge in [0.15, 0.2) is 5.82 Å². The molecule has 0 saturated heterocycles. The summed E-state index contributed by atoms with van der Waals surface area (Å²) in [6, 6.07) is 19.8. The summed E-state index contributed by atoms with van der Waals surface area (Å²) in [5.74, 6) is 0.632. The summed E-state index contributed by atoms with van der Waals surface area (Å²) in [6.07, 6.45) is 0.364. The number of nitrogens with zero attached hydrogens (tertiary/aromatic N) is 3. The summed E-state index contributed by atoms with van der Waals surface area (Å²) in [6.45, 7) is 5.47. The van der Waals surface area contributed by atoms with E-state index in [0.717, 1.165) is 21.8 Å². The van der Waals surface area contributed by atoms with Gasteiger partial charge >= 0.3 is 6.01 Å². The van der Waals surface area contributed by atoms with Crippen molar-refractivity contribution in [3.63, 3.8) is 0 Å². The van der Waals surface area contributed by atoms with Crippen LogP contribution in [0.3, 0.4) is 0 Å². The maximum atomic E-state index is 12.3. The van der Waals surface area contributed by atoms with Crippen molar-refractivity contribution in [1.82, 2.24) is 14.8 Å². The molecule has 2 heterocycles. The minimum atomic E-state index is -0.0451. The van der Waals surface area contributed by atoms with Gasteiger partial charge in [-0.3, -0.25) is 4.79 Å². The van der Waals surface area contributed by atoms with Gasteiger partial charge in [0.05, 0.1) is 18.7 Å². The molecule has 4 aromatic rings. The predicted octanol–water partition coefficient (Wildman–Crippen LogP) is 4.90. The SMILES string of the molecule is CCOCCOc1nc(-c2ccc(C)cc2)n(-c2ccc(NC(=O)Cc3cccs3)cc2)n1. The molecule has 0 fully saturated rings. The molecule has 0 aliphatic rings. The fourth-order valence-electron chi connectivity index (χ4n) is 3.22. The Hall–Kier alpha value is -3.49. The maximum absolute atomic E-state index is 12.3. The smallest absolute Gasteiger partial charge is 0.336 e. The molecule has 0 bridgehead atoms. The number of nitrogens with one attached hydrogen (secondary N) is 1. The molecule has 0 saturated carbocycles. The lowest BCUT2D eigenvalue weighted by molar-refractivity contribution is -0.115. The van der Waals surface area contributed by atoms with Crippen molar-refractivity contribution < 1.29 is 14.3 Å². The van der Waals surface area contributed by atoms with Crippen LogP contribution in [0, 0.1) is 6.92 Å². The highest BCUT2D eigenvalue weighted by molar-refractivity contribution is 7.10. The summed E-state index contributed by atoms with van der Waals surface area (Å²) >= 11 is 1.57. The Bertz CT molecular complexity index is 1170. The Labute approximate surface area is 197 Å². The van der Waals surface area contributed by atoms with E-state index < -0.39 is 0 Å². The molecule has 0 radical (unpaired) electrons. The van der Waals surface area contributed by atoms with Crippen LogP contribution in [0.5, 0.6) is 6.01 Å². The average Bonchev–Trinajstić information content (AvgIpc) is 3.48. The standard InChI is InChI=1S/C25H26N4O3S/c1-3-31-14-15-32-25-27-24(19-8-6-18(2)7-9-19)29(28-25)21-12-10-20(11-13-21)26-23(30)17-22-5-4-16-33-22/h4-13,16H,3,14-15,17H2,1-2H3,(H,26,30). The lowest BCUT2D eigenvalue weighted by atomic mass is 10.1. The number of ether oxygens (including phenoxy) is 2. The Morgan fingerprint density at radius 2 is 1.85 bits per heavy atom. The molecule has 4 rings (SSSR count). The molecule has 8 heteroatoms. The van der Waals surface area contributed by atoms with Crippen LogP contribution in [0.15, 0.2) is 66.0 Å². The average molecular weight is 463 g/mol. The summed E-state index contributed by atoms with van der Waals surface area (Å²) in [4.78, 5) is 17.9. The van der Waals surface area contributed by atoms with Crippen LogP contribution >= 0.6 is 11.3 Å². The van der Waals surface area contributed by atoms with Crippen LogP contribution in [0.2, 0.25) is 0 Å². The molecule has 2 aromatic heterocycles. The minimum Gasteiger partial charge on any atom is -0.460 e. The number of thiophene rings is 1. The van der Waals surface area contributed by atoms with Crippen LogP contribution < -0.4 is 10.1 Å². The van der Waals surface area contributed by atoms with Crippen molar-refractivity contribution in [3.05, 3.63) is 76.5 Å². The van der Waals surface area contributed by atoms with Crippen LogP contribution in [0.4, 0.5) is 5.69 Å². The lowest BCUT2D eigenvalue weighted by Gasteiger charge is -2.08. The number of amides is 1. The van der Waals surface area contributed by atoms with E-state index in [2.05, 4.69) is 15.4 Å². The van der Waals surface area contributed by atoms with Gasteiger partial charge in [0.25, 0.3) is 0 Å². The molecule has 0 spiro atoms. The van der Waals surface area contributed by atoms with E-state index in [0.29, 0.717) is 38.1 Å². The van der Waals surface area contributed by atoms with E-state index >= 15 is 0 Å². The first-order valence-corrected chi connectivity index (χ1v) is 11.7. The molecule has 0 aliphatic carbocycles. The molecule has 33 heavy (non-hydrogen) atoms. The first-order chi connectivity index (χ1) is 16.1. The maximum Gasteiger partial charge on any atom is 0.336 e. The van der Waals surface area contributed by atoms with Crippen molar-refractivity contribution >= 4 is 22.9 Å². The van der Waals surface area contributed by atoms with Gasteiger partial charge in [-0.1, -0.05) is 35.9 Å². The monoisotopic (exact) mass is 462 g/mol. The molecule has 0 unspecified atom stereocenters. The number of rotatable bonds is 10. The highest BCUT2D eigenvalue weighted by atomic mass is 32.1. The Morgan fingerprint density at radius 1 is 1.06 bits per heavy atom. The topological polar surface area (TPSA) is 78.3 Å². The van der Waals surface area contributed by atoms with Crippen molar-refractivity contribution in [3.8, 4) is 23.1 Å². The zero-order valence-electron chi connectivity index (χ0n) is 18.7. The third kappa shape index (κ3) is 6.06. The third-order valence-electron chi connectivity index (χ3n) is 4.87. The summed E-state index contributed by atoms with van der Waals surface area (Å²) < 4.78 is 12.8. The molecule has 1 amide bonds. The van der Waals surface area contributed by atoms with Gasteiger partial charge in [-0.2, -0.15) is 4.98 Å². The van der Waals surface area contributed by atoms with Gasteiger partial charge in [-0.15, -0.1) is 16.4 Å². The fourth-order valence-corrected chi connectivity index (χ4v) is 3.93. The van der Waals surface area contributed by atoms with E-state index in [1.807, 2.05) is 79.9 Å². The lowest BCUT2D eigenvalue weighted by Crippen LogP contribution is -2.13.